The van der Waals surface area contributed by atoms with Crippen molar-refractivity contribution < 1.29 is 13.2 Å². The van der Waals surface area contributed by atoms with E-state index in [0.717, 1.165) is 19.3 Å². The highest BCUT2D eigenvalue weighted by molar-refractivity contribution is 7.89. The Bertz CT molecular complexity index is 554. The summed E-state index contributed by atoms with van der Waals surface area (Å²) in [5.41, 5.74) is 6.39. The Labute approximate surface area is 120 Å². The summed E-state index contributed by atoms with van der Waals surface area (Å²) in [7, 11) is -3.45. The Balaban J connectivity index is 2.14. The second-order valence-corrected chi connectivity index (χ2v) is 6.88. The highest BCUT2D eigenvalue weighted by atomic mass is 32.2. The van der Waals surface area contributed by atoms with Gasteiger partial charge >= 0.3 is 0 Å². The van der Waals surface area contributed by atoms with Crippen LogP contribution in [0.1, 0.15) is 31.7 Å². The first-order chi connectivity index (χ1) is 9.56. The van der Waals surface area contributed by atoms with E-state index < -0.39 is 10.0 Å². The maximum absolute atomic E-state index is 12.2. The van der Waals surface area contributed by atoms with Gasteiger partial charge in [0.05, 0.1) is 11.5 Å². The van der Waals surface area contributed by atoms with Gasteiger partial charge in [0, 0.05) is 18.7 Å². The molecule has 1 fully saturated rings. The summed E-state index contributed by atoms with van der Waals surface area (Å²) >= 11 is 0. The fourth-order valence-electron chi connectivity index (χ4n) is 1.87. The van der Waals surface area contributed by atoms with Gasteiger partial charge in [0.1, 0.15) is 5.75 Å². The van der Waals surface area contributed by atoms with Gasteiger partial charge in [-0.15, -0.1) is 0 Å². The Morgan fingerprint density at radius 3 is 2.75 bits per heavy atom. The zero-order valence-corrected chi connectivity index (χ0v) is 12.6. The SMILES string of the molecule is CCCOc1ccc(S(=O)(=O)NCC2CC2)cc1CN. The molecule has 20 heavy (non-hydrogen) atoms. The number of nitrogens with two attached hydrogens (primary N) is 1. The molecule has 1 aliphatic rings. The predicted octanol–water partition coefficient (Wildman–Crippen LogP) is 1.62. The molecule has 0 unspecified atom stereocenters. The van der Waals surface area contributed by atoms with Crippen molar-refractivity contribution in [3.63, 3.8) is 0 Å². The number of ether oxygens (including phenoxy) is 1. The highest BCUT2D eigenvalue weighted by Gasteiger charge is 2.24. The summed E-state index contributed by atoms with van der Waals surface area (Å²) in [5, 5.41) is 0. The lowest BCUT2D eigenvalue weighted by molar-refractivity contribution is 0.314. The average molecular weight is 298 g/mol. The average Bonchev–Trinajstić information content (AvgIpc) is 3.27. The maximum atomic E-state index is 12.2. The molecular weight excluding hydrogens is 276 g/mol. The van der Waals surface area contributed by atoms with Gasteiger partial charge in [-0.3, -0.25) is 0 Å². The van der Waals surface area contributed by atoms with Crippen molar-refractivity contribution in [1.29, 1.82) is 0 Å². The van der Waals surface area contributed by atoms with E-state index in [2.05, 4.69) is 4.72 Å². The van der Waals surface area contributed by atoms with E-state index in [1.54, 1.807) is 18.2 Å². The zero-order valence-electron chi connectivity index (χ0n) is 11.8. The van der Waals surface area contributed by atoms with Crippen LogP contribution in [0.4, 0.5) is 0 Å². The van der Waals surface area contributed by atoms with E-state index in [4.69, 9.17) is 10.5 Å². The second-order valence-electron chi connectivity index (χ2n) is 5.12. The first kappa shape index (κ1) is 15.3. The van der Waals surface area contributed by atoms with Crippen molar-refractivity contribution >= 4 is 10.0 Å². The van der Waals surface area contributed by atoms with Crippen LogP contribution in [0.25, 0.3) is 0 Å². The zero-order chi connectivity index (χ0) is 14.6. The molecule has 1 aromatic rings. The van der Waals surface area contributed by atoms with Gasteiger partial charge in [0.2, 0.25) is 10.0 Å². The normalized spacial score (nSPS) is 15.3. The Kier molecular flexibility index (Phi) is 5.01. The van der Waals surface area contributed by atoms with Crippen LogP contribution < -0.4 is 15.2 Å². The molecule has 0 aliphatic heterocycles. The molecule has 0 bridgehead atoms. The Morgan fingerprint density at radius 2 is 2.15 bits per heavy atom. The molecule has 0 spiro atoms. The summed E-state index contributed by atoms with van der Waals surface area (Å²) < 4.78 is 32.5. The number of nitrogens with one attached hydrogen (secondary N) is 1. The summed E-state index contributed by atoms with van der Waals surface area (Å²) in [5.74, 6) is 1.17. The van der Waals surface area contributed by atoms with Crippen LogP contribution >= 0.6 is 0 Å². The van der Waals surface area contributed by atoms with E-state index in [1.165, 1.54) is 0 Å². The number of hydrogen-bond acceptors (Lipinski definition) is 4. The van der Waals surface area contributed by atoms with Crippen molar-refractivity contribution in [3.05, 3.63) is 23.8 Å². The molecule has 0 radical (unpaired) electrons. The van der Waals surface area contributed by atoms with Gasteiger partial charge in [0.25, 0.3) is 0 Å². The summed E-state index contributed by atoms with van der Waals surface area (Å²) in [6.45, 7) is 3.39. The Hall–Kier alpha value is -1.11. The van der Waals surface area contributed by atoms with Crippen molar-refractivity contribution in [1.82, 2.24) is 4.72 Å². The van der Waals surface area contributed by atoms with E-state index in [-0.39, 0.29) is 11.4 Å². The summed E-state index contributed by atoms with van der Waals surface area (Å²) in [4.78, 5) is 0.252. The standard InChI is InChI=1S/C14H22N2O3S/c1-2-7-19-14-6-5-13(8-12(14)9-15)20(17,18)16-10-11-3-4-11/h5-6,8,11,16H,2-4,7,9-10,15H2,1H3. The van der Waals surface area contributed by atoms with Crippen molar-refractivity contribution in [3.8, 4) is 5.75 Å². The first-order valence-electron chi connectivity index (χ1n) is 7.02. The molecule has 0 aromatic heterocycles. The molecule has 5 nitrogen and oxygen atoms in total. The summed E-state index contributed by atoms with van der Waals surface area (Å²) in [6, 6.07) is 4.85. The lowest BCUT2D eigenvalue weighted by Gasteiger charge is -2.12. The molecule has 3 N–H and O–H groups in total. The third-order valence-electron chi connectivity index (χ3n) is 3.28. The molecule has 6 heteroatoms. The van der Waals surface area contributed by atoms with Gasteiger partial charge < -0.3 is 10.5 Å². The van der Waals surface area contributed by atoms with E-state index >= 15 is 0 Å². The van der Waals surface area contributed by atoms with Gasteiger partial charge in [-0.05, 0) is 43.4 Å². The monoisotopic (exact) mass is 298 g/mol. The van der Waals surface area contributed by atoms with E-state index in [1.807, 2.05) is 6.92 Å². The maximum Gasteiger partial charge on any atom is 0.240 e. The minimum absolute atomic E-state index is 0.252. The fourth-order valence-corrected chi connectivity index (χ4v) is 3.03. The van der Waals surface area contributed by atoms with Crippen molar-refractivity contribution in [2.45, 2.75) is 37.6 Å². The molecule has 1 saturated carbocycles. The molecule has 2 rings (SSSR count). The van der Waals surface area contributed by atoms with Gasteiger partial charge in [0.15, 0.2) is 0 Å². The molecule has 1 aromatic carbocycles. The minimum Gasteiger partial charge on any atom is -0.493 e. The van der Waals surface area contributed by atoms with Crippen LogP contribution in [0.15, 0.2) is 23.1 Å². The predicted molar refractivity (Wildman–Crippen MR) is 78.0 cm³/mol. The summed E-state index contributed by atoms with van der Waals surface area (Å²) in [6.07, 6.45) is 3.12. The largest absolute Gasteiger partial charge is 0.493 e. The molecule has 1 aliphatic carbocycles. The molecule has 0 atom stereocenters. The van der Waals surface area contributed by atoms with Gasteiger partial charge in [-0.1, -0.05) is 6.92 Å². The third kappa shape index (κ3) is 3.94. The topological polar surface area (TPSA) is 81.4 Å². The van der Waals surface area contributed by atoms with Crippen LogP contribution in [0, 0.1) is 5.92 Å². The van der Waals surface area contributed by atoms with Crippen LogP contribution in [0.5, 0.6) is 5.75 Å². The van der Waals surface area contributed by atoms with Crippen molar-refractivity contribution in [2.75, 3.05) is 13.2 Å². The molecule has 112 valence electrons. The van der Waals surface area contributed by atoms with Crippen LogP contribution in [-0.2, 0) is 16.6 Å². The van der Waals surface area contributed by atoms with Crippen LogP contribution in [0.3, 0.4) is 0 Å². The smallest absolute Gasteiger partial charge is 0.240 e. The van der Waals surface area contributed by atoms with E-state index in [9.17, 15) is 8.42 Å². The third-order valence-corrected chi connectivity index (χ3v) is 4.70. The van der Waals surface area contributed by atoms with E-state index in [0.29, 0.717) is 30.4 Å². The number of benzene rings is 1. The molecule has 0 amide bonds. The number of rotatable bonds is 8. The number of hydrogen-bond donors (Lipinski definition) is 2. The lowest BCUT2D eigenvalue weighted by Crippen LogP contribution is -2.26. The van der Waals surface area contributed by atoms with Crippen molar-refractivity contribution in [2.24, 2.45) is 11.7 Å². The molecular formula is C14H22N2O3S. The minimum atomic E-state index is -3.45. The highest BCUT2D eigenvalue weighted by Crippen LogP contribution is 2.28. The van der Waals surface area contributed by atoms with Gasteiger partial charge in [-0.25, -0.2) is 13.1 Å². The van der Waals surface area contributed by atoms with Crippen LogP contribution in [-0.4, -0.2) is 21.6 Å². The molecule has 0 heterocycles. The Morgan fingerprint density at radius 1 is 1.40 bits per heavy atom. The lowest BCUT2D eigenvalue weighted by atomic mass is 10.2. The number of sulfonamides is 1. The first-order valence-corrected chi connectivity index (χ1v) is 8.50. The second kappa shape index (κ2) is 6.56. The van der Waals surface area contributed by atoms with Crippen LogP contribution in [0.2, 0.25) is 0 Å². The van der Waals surface area contributed by atoms with Gasteiger partial charge in [-0.2, -0.15) is 0 Å². The molecule has 0 saturated heterocycles. The fraction of sp³-hybridized carbons (Fsp3) is 0.571. The quantitative estimate of drug-likeness (QED) is 0.764.